The van der Waals surface area contributed by atoms with Crippen LogP contribution in [-0.4, -0.2) is 9.55 Å². The highest BCUT2D eigenvalue weighted by molar-refractivity contribution is 5.77. The van der Waals surface area contributed by atoms with Gasteiger partial charge in [0.25, 0.3) is 0 Å². The Morgan fingerprint density at radius 3 is 2.24 bits per heavy atom. The highest BCUT2D eigenvalue weighted by Crippen LogP contribution is 2.28. The van der Waals surface area contributed by atoms with Gasteiger partial charge in [-0.3, -0.25) is 0 Å². The van der Waals surface area contributed by atoms with Gasteiger partial charge in [-0.2, -0.15) is 0 Å². The van der Waals surface area contributed by atoms with Crippen LogP contribution in [0.2, 0.25) is 0 Å². The molecule has 0 saturated carbocycles. The first kappa shape index (κ1) is 12.0. The van der Waals surface area contributed by atoms with E-state index in [0.29, 0.717) is 5.82 Å². The average molecular weight is 242 g/mol. The second-order valence-electron chi connectivity index (χ2n) is 5.10. The molecule has 0 saturated heterocycles. The summed E-state index contributed by atoms with van der Waals surface area (Å²) in [6.07, 6.45) is 0. The zero-order valence-electron chi connectivity index (χ0n) is 10.1. The summed E-state index contributed by atoms with van der Waals surface area (Å²) in [6.45, 7) is 5.70. The summed E-state index contributed by atoms with van der Waals surface area (Å²) in [5, 5.41) is 0. The minimum atomic E-state index is -1.46. The molecule has 2 aromatic rings. The third-order valence-electron chi connectivity index (χ3n) is 2.67. The minimum Gasteiger partial charge on any atom is -0.328 e. The molecule has 92 valence electrons. The van der Waals surface area contributed by atoms with Gasteiger partial charge in [-0.05, 0) is 0 Å². The number of imidazole rings is 1. The lowest BCUT2D eigenvalue weighted by atomic mass is 9.96. The van der Waals surface area contributed by atoms with Crippen molar-refractivity contribution in [3.05, 3.63) is 29.3 Å². The molecule has 0 atom stereocenters. The zero-order chi connectivity index (χ0) is 13.0. The van der Waals surface area contributed by atoms with Crippen LogP contribution in [-0.2, 0) is 12.5 Å². The Morgan fingerprint density at radius 1 is 1.12 bits per heavy atom. The molecule has 0 bridgehead atoms. The summed E-state index contributed by atoms with van der Waals surface area (Å²) >= 11 is 0. The molecule has 0 radical (unpaired) electrons. The summed E-state index contributed by atoms with van der Waals surface area (Å²) in [7, 11) is 1.59. The maximum atomic E-state index is 13.6. The monoisotopic (exact) mass is 242 g/mol. The lowest BCUT2D eigenvalue weighted by molar-refractivity contribution is 0.450. The molecule has 0 unspecified atom stereocenters. The van der Waals surface area contributed by atoms with E-state index in [0.717, 1.165) is 6.07 Å². The first-order valence-electron chi connectivity index (χ1n) is 5.24. The van der Waals surface area contributed by atoms with E-state index >= 15 is 0 Å². The van der Waals surface area contributed by atoms with Gasteiger partial charge in [0, 0.05) is 18.5 Å². The molecule has 5 heteroatoms. The molecule has 0 aliphatic rings. The smallest absolute Gasteiger partial charge is 0.196 e. The van der Waals surface area contributed by atoms with Gasteiger partial charge in [0.2, 0.25) is 0 Å². The number of halogens is 3. The van der Waals surface area contributed by atoms with Crippen molar-refractivity contribution in [2.45, 2.75) is 26.2 Å². The van der Waals surface area contributed by atoms with E-state index in [1.54, 1.807) is 7.05 Å². The number of benzene rings is 1. The Kier molecular flexibility index (Phi) is 2.45. The van der Waals surface area contributed by atoms with Crippen molar-refractivity contribution in [2.24, 2.45) is 7.05 Å². The third kappa shape index (κ3) is 1.69. The van der Waals surface area contributed by atoms with E-state index in [1.807, 2.05) is 20.8 Å². The number of aromatic nitrogens is 2. The number of hydrogen-bond donors (Lipinski definition) is 0. The van der Waals surface area contributed by atoms with Crippen LogP contribution in [0.3, 0.4) is 0 Å². The number of rotatable bonds is 0. The van der Waals surface area contributed by atoms with E-state index in [1.165, 1.54) is 4.57 Å². The van der Waals surface area contributed by atoms with E-state index in [-0.39, 0.29) is 16.4 Å². The molecule has 2 rings (SSSR count). The van der Waals surface area contributed by atoms with Crippen LogP contribution in [0.15, 0.2) is 6.07 Å². The van der Waals surface area contributed by atoms with E-state index < -0.39 is 17.5 Å². The molecule has 2 nitrogen and oxygen atoms in total. The third-order valence-corrected chi connectivity index (χ3v) is 2.67. The van der Waals surface area contributed by atoms with Crippen molar-refractivity contribution in [1.29, 1.82) is 0 Å². The van der Waals surface area contributed by atoms with Crippen molar-refractivity contribution in [2.75, 3.05) is 0 Å². The normalized spacial score (nSPS) is 12.4. The molecular formula is C12H13F3N2. The number of nitrogens with zero attached hydrogens (tertiary/aromatic N) is 2. The standard InChI is InChI=1S/C12H13F3N2/c1-12(2,3)11-16-7-5-6(13)8(14)9(15)10(7)17(11)4/h5H,1-4H3. The van der Waals surface area contributed by atoms with Gasteiger partial charge in [0.15, 0.2) is 17.5 Å². The Labute approximate surface area is 97.1 Å². The van der Waals surface area contributed by atoms with Crippen molar-refractivity contribution in [1.82, 2.24) is 9.55 Å². The first-order valence-corrected chi connectivity index (χ1v) is 5.24. The van der Waals surface area contributed by atoms with Gasteiger partial charge in [-0.1, -0.05) is 20.8 Å². The Morgan fingerprint density at radius 2 is 1.71 bits per heavy atom. The molecule has 0 N–H and O–H groups in total. The highest BCUT2D eigenvalue weighted by Gasteiger charge is 2.25. The van der Waals surface area contributed by atoms with Crippen LogP contribution in [0.5, 0.6) is 0 Å². The van der Waals surface area contributed by atoms with Gasteiger partial charge in [0.1, 0.15) is 11.3 Å². The predicted molar refractivity (Wildman–Crippen MR) is 59.3 cm³/mol. The van der Waals surface area contributed by atoms with Crippen LogP contribution in [0.25, 0.3) is 11.0 Å². The molecule has 0 aliphatic heterocycles. The lowest BCUT2D eigenvalue weighted by Gasteiger charge is -2.17. The molecule has 0 aliphatic carbocycles. The number of aryl methyl sites for hydroxylation is 1. The summed E-state index contributed by atoms with van der Waals surface area (Å²) in [6, 6.07) is 0.920. The van der Waals surface area contributed by atoms with E-state index in [4.69, 9.17) is 0 Å². The van der Waals surface area contributed by atoms with Gasteiger partial charge < -0.3 is 4.57 Å². The van der Waals surface area contributed by atoms with Gasteiger partial charge in [-0.25, -0.2) is 18.2 Å². The predicted octanol–water partition coefficient (Wildman–Crippen LogP) is 3.29. The molecule has 17 heavy (non-hydrogen) atoms. The first-order chi connectivity index (χ1) is 7.73. The van der Waals surface area contributed by atoms with Gasteiger partial charge >= 0.3 is 0 Å². The van der Waals surface area contributed by atoms with Crippen LogP contribution < -0.4 is 0 Å². The summed E-state index contributed by atoms with van der Waals surface area (Å²) in [5.41, 5.74) is -0.199. The average Bonchev–Trinajstić information content (AvgIpc) is 2.52. The van der Waals surface area contributed by atoms with Crippen molar-refractivity contribution < 1.29 is 13.2 Å². The summed E-state index contributed by atoms with van der Waals surface area (Å²) in [4.78, 5) is 4.16. The second kappa shape index (κ2) is 3.48. The molecule has 0 spiro atoms. The topological polar surface area (TPSA) is 17.8 Å². The Hall–Kier alpha value is -1.52. The quantitative estimate of drug-likeness (QED) is 0.648. The second-order valence-corrected chi connectivity index (χ2v) is 5.10. The van der Waals surface area contributed by atoms with Gasteiger partial charge in [0.05, 0.1) is 5.52 Å². The van der Waals surface area contributed by atoms with Crippen LogP contribution in [0.4, 0.5) is 13.2 Å². The number of hydrogen-bond acceptors (Lipinski definition) is 1. The van der Waals surface area contributed by atoms with E-state index in [2.05, 4.69) is 4.98 Å². The molecule has 1 aromatic heterocycles. The van der Waals surface area contributed by atoms with Crippen LogP contribution in [0.1, 0.15) is 26.6 Å². The van der Waals surface area contributed by atoms with Gasteiger partial charge in [-0.15, -0.1) is 0 Å². The van der Waals surface area contributed by atoms with Crippen molar-refractivity contribution in [3.8, 4) is 0 Å². The zero-order valence-corrected chi connectivity index (χ0v) is 10.1. The maximum Gasteiger partial charge on any atom is 0.196 e. The molecule has 1 heterocycles. The molecule has 0 fully saturated rings. The minimum absolute atomic E-state index is 0.00572. The fourth-order valence-electron chi connectivity index (χ4n) is 1.94. The fraction of sp³-hybridized carbons (Fsp3) is 0.417. The highest BCUT2D eigenvalue weighted by atomic mass is 19.2. The SMILES string of the molecule is Cn1c(C(C)(C)C)nc2cc(F)c(F)c(F)c21. The summed E-state index contributed by atoms with van der Waals surface area (Å²) < 4.78 is 41.3. The lowest BCUT2D eigenvalue weighted by Crippen LogP contribution is -2.17. The van der Waals surface area contributed by atoms with E-state index in [9.17, 15) is 13.2 Å². The molecule has 0 amide bonds. The fourth-order valence-corrected chi connectivity index (χ4v) is 1.94. The van der Waals surface area contributed by atoms with Crippen LogP contribution >= 0.6 is 0 Å². The number of fused-ring (bicyclic) bond motifs is 1. The largest absolute Gasteiger partial charge is 0.328 e. The molecular weight excluding hydrogens is 229 g/mol. The van der Waals surface area contributed by atoms with Crippen molar-refractivity contribution >= 4 is 11.0 Å². The Balaban J connectivity index is 2.89. The Bertz CT molecular complexity index is 594. The van der Waals surface area contributed by atoms with Crippen LogP contribution in [0, 0.1) is 17.5 Å². The van der Waals surface area contributed by atoms with Crippen molar-refractivity contribution in [3.63, 3.8) is 0 Å². The molecule has 1 aromatic carbocycles. The maximum absolute atomic E-state index is 13.6. The summed E-state index contributed by atoms with van der Waals surface area (Å²) in [5.74, 6) is -3.28.